The lowest BCUT2D eigenvalue weighted by atomic mass is 9.82. The molecular weight excluding hydrogens is 611 g/mol. The molecule has 9 aromatic rings. The van der Waals surface area contributed by atoms with Crippen LogP contribution in [0.4, 0.5) is 17.1 Å². The van der Waals surface area contributed by atoms with Gasteiger partial charge in [-0.25, -0.2) is 0 Å². The van der Waals surface area contributed by atoms with Gasteiger partial charge in [-0.3, -0.25) is 0 Å². The standard InChI is InChI=1S/C47H33NS/c1-47(2)41-17-9-7-15-38(41)40-29-36(25-26-42(40)47)48(35-23-21-31(22-24-35)33-20-19-30-11-3-4-12-32(30)27-33)43-28-34-13-5-6-14-37(34)45-39-16-8-10-18-44(39)49-46(43)45/h3-29H,1-2H3. The summed E-state index contributed by atoms with van der Waals surface area (Å²) >= 11 is 1.89. The van der Waals surface area contributed by atoms with E-state index in [-0.39, 0.29) is 5.41 Å². The lowest BCUT2D eigenvalue weighted by Crippen LogP contribution is -2.15. The number of fused-ring (bicyclic) bond motifs is 9. The van der Waals surface area contributed by atoms with Crippen molar-refractivity contribution in [3.63, 3.8) is 0 Å². The predicted octanol–water partition coefficient (Wildman–Crippen LogP) is 13.8. The van der Waals surface area contributed by atoms with Gasteiger partial charge in [-0.1, -0.05) is 135 Å². The summed E-state index contributed by atoms with van der Waals surface area (Å²) in [6, 6.07) is 60.6. The average Bonchev–Trinajstić information content (AvgIpc) is 3.65. The molecule has 1 aliphatic carbocycles. The SMILES string of the molecule is CC1(C)c2ccccc2-c2cc(N(c3ccc(-c4ccc5ccccc5c4)cc3)c3cc4ccccc4c4c3sc3ccccc34)ccc21. The van der Waals surface area contributed by atoms with Gasteiger partial charge in [0.1, 0.15) is 0 Å². The number of nitrogens with zero attached hydrogens (tertiary/aromatic N) is 1. The van der Waals surface area contributed by atoms with E-state index in [0.717, 1.165) is 5.69 Å². The van der Waals surface area contributed by atoms with Crippen LogP contribution in [-0.2, 0) is 5.41 Å². The fourth-order valence-corrected chi connectivity index (χ4v) is 9.39. The van der Waals surface area contributed by atoms with Crippen LogP contribution in [0.5, 0.6) is 0 Å². The van der Waals surface area contributed by atoms with Crippen molar-refractivity contribution in [1.29, 1.82) is 0 Å². The summed E-state index contributed by atoms with van der Waals surface area (Å²) in [6.07, 6.45) is 0. The molecule has 0 unspecified atom stereocenters. The minimum Gasteiger partial charge on any atom is -0.309 e. The summed E-state index contributed by atoms with van der Waals surface area (Å²) in [5, 5.41) is 7.72. The van der Waals surface area contributed by atoms with E-state index >= 15 is 0 Å². The molecule has 0 aliphatic heterocycles. The largest absolute Gasteiger partial charge is 0.309 e. The second-order valence-electron chi connectivity index (χ2n) is 13.8. The van der Waals surface area contributed by atoms with Gasteiger partial charge >= 0.3 is 0 Å². The lowest BCUT2D eigenvalue weighted by molar-refractivity contribution is 0.660. The van der Waals surface area contributed by atoms with Crippen LogP contribution in [0.25, 0.3) is 64.0 Å². The van der Waals surface area contributed by atoms with E-state index in [2.05, 4.69) is 183 Å². The Labute approximate surface area is 290 Å². The highest BCUT2D eigenvalue weighted by Crippen LogP contribution is 2.52. The maximum atomic E-state index is 2.49. The van der Waals surface area contributed by atoms with Crippen molar-refractivity contribution >= 4 is 70.1 Å². The first-order valence-electron chi connectivity index (χ1n) is 17.0. The van der Waals surface area contributed by atoms with Gasteiger partial charge in [0, 0.05) is 32.3 Å². The summed E-state index contributed by atoms with van der Waals surface area (Å²) in [7, 11) is 0. The Bertz CT molecular complexity index is 2750. The molecular formula is C47H33NS. The highest BCUT2D eigenvalue weighted by atomic mass is 32.1. The van der Waals surface area contributed by atoms with E-state index in [1.54, 1.807) is 0 Å². The van der Waals surface area contributed by atoms with Crippen LogP contribution in [0.2, 0.25) is 0 Å². The molecule has 1 aliphatic rings. The Morgan fingerprint density at radius 1 is 0.469 bits per heavy atom. The van der Waals surface area contributed by atoms with Crippen LogP contribution >= 0.6 is 11.3 Å². The molecule has 0 amide bonds. The number of thiophene rings is 1. The molecule has 1 heterocycles. The number of hydrogen-bond donors (Lipinski definition) is 0. The minimum atomic E-state index is -0.0432. The van der Waals surface area contributed by atoms with E-state index in [9.17, 15) is 0 Å². The number of anilines is 3. The van der Waals surface area contributed by atoms with Crippen LogP contribution in [0.3, 0.4) is 0 Å². The molecule has 0 atom stereocenters. The second kappa shape index (κ2) is 10.7. The van der Waals surface area contributed by atoms with Crippen molar-refractivity contribution in [3.8, 4) is 22.3 Å². The third-order valence-electron chi connectivity index (χ3n) is 10.6. The van der Waals surface area contributed by atoms with Crippen molar-refractivity contribution < 1.29 is 0 Å². The monoisotopic (exact) mass is 643 g/mol. The number of rotatable bonds is 4. The summed E-state index contributed by atoms with van der Waals surface area (Å²) in [6.45, 7) is 4.70. The zero-order valence-corrected chi connectivity index (χ0v) is 28.3. The topological polar surface area (TPSA) is 3.24 Å². The third-order valence-corrected chi connectivity index (χ3v) is 11.8. The maximum absolute atomic E-state index is 2.49. The number of benzene rings is 8. The fraction of sp³-hybridized carbons (Fsp3) is 0.0638. The maximum Gasteiger partial charge on any atom is 0.0646 e. The summed E-state index contributed by atoms with van der Waals surface area (Å²) in [5.74, 6) is 0. The van der Waals surface area contributed by atoms with Gasteiger partial charge in [-0.15, -0.1) is 11.3 Å². The first kappa shape index (κ1) is 28.3. The predicted molar refractivity (Wildman–Crippen MR) is 212 cm³/mol. The van der Waals surface area contributed by atoms with Gasteiger partial charge < -0.3 is 4.90 Å². The highest BCUT2D eigenvalue weighted by Gasteiger charge is 2.35. The Hall–Kier alpha value is -5.70. The first-order chi connectivity index (χ1) is 24.0. The van der Waals surface area contributed by atoms with E-state index in [1.165, 1.54) is 86.5 Å². The quantitative estimate of drug-likeness (QED) is 0.184. The Morgan fingerprint density at radius 2 is 1.12 bits per heavy atom. The molecule has 0 radical (unpaired) electrons. The minimum absolute atomic E-state index is 0.0432. The van der Waals surface area contributed by atoms with E-state index in [4.69, 9.17) is 0 Å². The fourth-order valence-electron chi connectivity index (χ4n) is 8.17. The van der Waals surface area contributed by atoms with Crippen molar-refractivity contribution in [3.05, 3.63) is 175 Å². The lowest BCUT2D eigenvalue weighted by Gasteiger charge is -2.28. The van der Waals surface area contributed by atoms with Gasteiger partial charge in [0.25, 0.3) is 0 Å². The molecule has 232 valence electrons. The molecule has 0 N–H and O–H groups in total. The molecule has 0 saturated carbocycles. The number of hydrogen-bond acceptors (Lipinski definition) is 2. The molecule has 0 bridgehead atoms. The van der Waals surface area contributed by atoms with Crippen molar-refractivity contribution in [2.45, 2.75) is 19.3 Å². The second-order valence-corrected chi connectivity index (χ2v) is 14.8. The van der Waals surface area contributed by atoms with Gasteiger partial charge in [0.15, 0.2) is 0 Å². The van der Waals surface area contributed by atoms with Crippen molar-refractivity contribution in [1.82, 2.24) is 0 Å². The normalized spacial score (nSPS) is 13.3. The van der Waals surface area contributed by atoms with E-state index in [1.807, 2.05) is 11.3 Å². The van der Waals surface area contributed by atoms with Crippen molar-refractivity contribution in [2.24, 2.45) is 0 Å². The van der Waals surface area contributed by atoms with Crippen LogP contribution < -0.4 is 4.90 Å². The third kappa shape index (κ3) is 4.31. The molecule has 8 aromatic carbocycles. The summed E-state index contributed by atoms with van der Waals surface area (Å²) in [4.78, 5) is 2.49. The van der Waals surface area contributed by atoms with E-state index < -0.39 is 0 Å². The van der Waals surface area contributed by atoms with Crippen LogP contribution in [-0.4, -0.2) is 0 Å². The van der Waals surface area contributed by atoms with Gasteiger partial charge in [0.2, 0.25) is 0 Å². The molecule has 0 saturated heterocycles. The Morgan fingerprint density at radius 3 is 1.98 bits per heavy atom. The molecule has 0 fully saturated rings. The van der Waals surface area contributed by atoms with Crippen LogP contribution in [0, 0.1) is 0 Å². The smallest absolute Gasteiger partial charge is 0.0646 e. The van der Waals surface area contributed by atoms with Crippen LogP contribution in [0.1, 0.15) is 25.0 Å². The summed E-state index contributed by atoms with van der Waals surface area (Å²) in [5.41, 5.74) is 11.3. The highest BCUT2D eigenvalue weighted by molar-refractivity contribution is 7.26. The van der Waals surface area contributed by atoms with E-state index in [0.29, 0.717) is 0 Å². The molecule has 49 heavy (non-hydrogen) atoms. The molecule has 2 heteroatoms. The molecule has 10 rings (SSSR count). The molecule has 1 nitrogen and oxygen atoms in total. The van der Waals surface area contributed by atoms with Gasteiger partial charge in [0.05, 0.1) is 10.4 Å². The molecule has 0 spiro atoms. The van der Waals surface area contributed by atoms with Gasteiger partial charge in [-0.05, 0) is 97.4 Å². The zero-order chi connectivity index (χ0) is 32.7. The van der Waals surface area contributed by atoms with Crippen molar-refractivity contribution in [2.75, 3.05) is 4.90 Å². The zero-order valence-electron chi connectivity index (χ0n) is 27.4. The molecule has 1 aromatic heterocycles. The van der Waals surface area contributed by atoms with Crippen LogP contribution in [0.15, 0.2) is 164 Å². The summed E-state index contributed by atoms with van der Waals surface area (Å²) < 4.78 is 2.62. The Balaban J connectivity index is 1.22. The Kier molecular flexibility index (Phi) is 6.16. The first-order valence-corrected chi connectivity index (χ1v) is 17.8. The average molecular weight is 644 g/mol. The van der Waals surface area contributed by atoms with Gasteiger partial charge in [-0.2, -0.15) is 0 Å².